The first-order valence-corrected chi connectivity index (χ1v) is 8.69. The summed E-state index contributed by atoms with van der Waals surface area (Å²) >= 11 is 0. The zero-order chi connectivity index (χ0) is 14.7. The van der Waals surface area contributed by atoms with Crippen molar-refractivity contribution in [2.45, 2.75) is 63.4 Å². The van der Waals surface area contributed by atoms with Crippen molar-refractivity contribution in [2.75, 3.05) is 19.6 Å². The number of aryl methyl sites for hydroxylation is 1. The van der Waals surface area contributed by atoms with E-state index in [-0.39, 0.29) is 5.92 Å². The molecule has 2 aliphatic rings. The third kappa shape index (κ3) is 3.49. The predicted molar refractivity (Wildman–Crippen MR) is 87.6 cm³/mol. The van der Waals surface area contributed by atoms with Crippen LogP contribution >= 0.6 is 0 Å². The maximum absolute atomic E-state index is 11.3. The van der Waals surface area contributed by atoms with Crippen LogP contribution in [0.4, 0.5) is 0 Å². The number of aliphatic hydroxyl groups is 1. The lowest BCUT2D eigenvalue weighted by molar-refractivity contribution is -0.0293. The van der Waals surface area contributed by atoms with Gasteiger partial charge in [-0.1, -0.05) is 49.1 Å². The second-order valence-electron chi connectivity index (χ2n) is 7.14. The van der Waals surface area contributed by atoms with Gasteiger partial charge in [-0.2, -0.15) is 0 Å². The molecule has 2 fully saturated rings. The lowest BCUT2D eigenvalue weighted by Gasteiger charge is -2.41. The molecule has 1 aliphatic carbocycles. The van der Waals surface area contributed by atoms with Gasteiger partial charge >= 0.3 is 0 Å². The van der Waals surface area contributed by atoms with E-state index in [0.29, 0.717) is 0 Å². The molecule has 2 heteroatoms. The Morgan fingerprint density at radius 2 is 1.81 bits per heavy atom. The third-order valence-electron chi connectivity index (χ3n) is 5.45. The first-order chi connectivity index (χ1) is 10.2. The molecule has 1 saturated carbocycles. The molecule has 1 aromatic carbocycles. The lowest BCUT2D eigenvalue weighted by atomic mass is 9.72. The normalized spacial score (nSPS) is 24.1. The van der Waals surface area contributed by atoms with Gasteiger partial charge in [0.05, 0.1) is 5.60 Å². The van der Waals surface area contributed by atoms with Gasteiger partial charge in [0.2, 0.25) is 0 Å². The van der Waals surface area contributed by atoms with Crippen LogP contribution in [0, 0.1) is 6.92 Å². The van der Waals surface area contributed by atoms with Gasteiger partial charge in [-0.05, 0) is 51.3 Å². The monoisotopic (exact) mass is 287 g/mol. The Bertz CT molecular complexity index is 458. The smallest absolute Gasteiger partial charge is 0.0728 e. The summed E-state index contributed by atoms with van der Waals surface area (Å²) in [5, 5.41) is 11.3. The van der Waals surface area contributed by atoms with Gasteiger partial charge in [-0.3, -0.25) is 0 Å². The molecule has 1 atom stereocenters. The minimum absolute atomic E-state index is 0.274. The van der Waals surface area contributed by atoms with E-state index >= 15 is 0 Å². The molecule has 0 bridgehead atoms. The molecule has 0 radical (unpaired) electrons. The average molecular weight is 287 g/mol. The van der Waals surface area contributed by atoms with Crippen LogP contribution in [0.1, 0.15) is 62.0 Å². The molecule has 21 heavy (non-hydrogen) atoms. The van der Waals surface area contributed by atoms with Gasteiger partial charge in [0.1, 0.15) is 0 Å². The predicted octanol–water partition coefficient (Wildman–Crippen LogP) is 3.87. The fourth-order valence-corrected chi connectivity index (χ4v) is 4.21. The van der Waals surface area contributed by atoms with Crippen molar-refractivity contribution in [3.05, 3.63) is 35.4 Å². The van der Waals surface area contributed by atoms with Gasteiger partial charge in [0.25, 0.3) is 0 Å². The Kier molecular flexibility index (Phi) is 4.66. The molecule has 3 rings (SSSR count). The Labute approximate surface area is 129 Å². The summed E-state index contributed by atoms with van der Waals surface area (Å²) in [7, 11) is 0. The van der Waals surface area contributed by atoms with Gasteiger partial charge in [0.15, 0.2) is 0 Å². The molecule has 2 nitrogen and oxygen atoms in total. The number of hydrogen-bond acceptors (Lipinski definition) is 2. The standard InChI is InChI=1S/C19H29NO/c1-16-8-7-9-17(14-16)18(15-20-12-5-6-13-20)19(21)10-3-2-4-11-19/h7-9,14,18,21H,2-6,10-13,15H2,1H3. The van der Waals surface area contributed by atoms with Crippen molar-refractivity contribution < 1.29 is 5.11 Å². The number of likely N-dealkylation sites (tertiary alicyclic amines) is 1. The van der Waals surface area contributed by atoms with Crippen molar-refractivity contribution >= 4 is 0 Å². The summed E-state index contributed by atoms with van der Waals surface area (Å²) in [5.41, 5.74) is 2.15. The molecule has 0 amide bonds. The highest BCUT2D eigenvalue weighted by atomic mass is 16.3. The van der Waals surface area contributed by atoms with E-state index in [0.717, 1.165) is 19.4 Å². The molecule has 116 valence electrons. The van der Waals surface area contributed by atoms with Crippen molar-refractivity contribution in [1.82, 2.24) is 4.90 Å². The molecule has 0 aromatic heterocycles. The van der Waals surface area contributed by atoms with Gasteiger partial charge < -0.3 is 10.0 Å². The first kappa shape index (κ1) is 15.1. The van der Waals surface area contributed by atoms with Gasteiger partial charge in [-0.25, -0.2) is 0 Å². The number of nitrogens with zero attached hydrogens (tertiary/aromatic N) is 1. The van der Waals surface area contributed by atoms with Crippen molar-refractivity contribution in [2.24, 2.45) is 0 Å². The largest absolute Gasteiger partial charge is 0.389 e. The van der Waals surface area contributed by atoms with E-state index in [9.17, 15) is 5.11 Å². The van der Waals surface area contributed by atoms with Gasteiger partial charge in [-0.15, -0.1) is 0 Å². The van der Waals surface area contributed by atoms with Crippen molar-refractivity contribution in [1.29, 1.82) is 0 Å². The molecular weight excluding hydrogens is 258 g/mol. The van der Waals surface area contributed by atoms with E-state index in [1.54, 1.807) is 0 Å². The summed E-state index contributed by atoms with van der Waals surface area (Å²) in [5.74, 6) is 0.274. The zero-order valence-corrected chi connectivity index (χ0v) is 13.4. The minimum atomic E-state index is -0.491. The summed E-state index contributed by atoms with van der Waals surface area (Å²) in [6, 6.07) is 8.81. The molecule has 1 N–H and O–H groups in total. The summed E-state index contributed by atoms with van der Waals surface area (Å²) in [4.78, 5) is 2.56. The van der Waals surface area contributed by atoms with Crippen molar-refractivity contribution in [3.8, 4) is 0 Å². The SMILES string of the molecule is Cc1cccc(C(CN2CCCC2)C2(O)CCCCC2)c1. The zero-order valence-electron chi connectivity index (χ0n) is 13.4. The molecule has 1 aromatic rings. The van der Waals surface area contributed by atoms with E-state index < -0.39 is 5.60 Å². The Hall–Kier alpha value is -0.860. The highest BCUT2D eigenvalue weighted by Gasteiger charge is 2.39. The third-order valence-corrected chi connectivity index (χ3v) is 5.45. The van der Waals surface area contributed by atoms with Crippen LogP contribution in [0.2, 0.25) is 0 Å². The summed E-state index contributed by atoms with van der Waals surface area (Å²) in [6.45, 7) is 5.60. The number of rotatable bonds is 4. The lowest BCUT2D eigenvalue weighted by Crippen LogP contribution is -2.43. The van der Waals surface area contributed by atoms with Crippen LogP contribution in [-0.2, 0) is 0 Å². The van der Waals surface area contributed by atoms with E-state index in [1.165, 1.54) is 56.3 Å². The Morgan fingerprint density at radius 1 is 1.10 bits per heavy atom. The second kappa shape index (κ2) is 6.50. The average Bonchev–Trinajstić information content (AvgIpc) is 2.98. The first-order valence-electron chi connectivity index (χ1n) is 8.69. The number of benzene rings is 1. The van der Waals surface area contributed by atoms with Crippen LogP contribution in [0.3, 0.4) is 0 Å². The Balaban J connectivity index is 1.85. The molecule has 1 heterocycles. The Morgan fingerprint density at radius 3 is 2.48 bits per heavy atom. The van der Waals surface area contributed by atoms with Crippen LogP contribution in [-0.4, -0.2) is 35.2 Å². The topological polar surface area (TPSA) is 23.5 Å². The van der Waals surface area contributed by atoms with E-state index in [2.05, 4.69) is 36.1 Å². The molecule has 0 spiro atoms. The minimum Gasteiger partial charge on any atom is -0.389 e. The summed E-state index contributed by atoms with van der Waals surface area (Å²) in [6.07, 6.45) is 8.22. The molecule has 1 aliphatic heterocycles. The van der Waals surface area contributed by atoms with Crippen LogP contribution in [0.5, 0.6) is 0 Å². The highest BCUT2D eigenvalue weighted by Crippen LogP contribution is 2.41. The van der Waals surface area contributed by atoms with Gasteiger partial charge in [0, 0.05) is 12.5 Å². The summed E-state index contributed by atoms with van der Waals surface area (Å²) < 4.78 is 0. The van der Waals surface area contributed by atoms with E-state index in [4.69, 9.17) is 0 Å². The molecule has 1 unspecified atom stereocenters. The fourth-order valence-electron chi connectivity index (χ4n) is 4.21. The van der Waals surface area contributed by atoms with E-state index in [1.807, 2.05) is 0 Å². The maximum atomic E-state index is 11.3. The maximum Gasteiger partial charge on any atom is 0.0728 e. The number of hydrogen-bond donors (Lipinski definition) is 1. The van der Waals surface area contributed by atoms with Crippen molar-refractivity contribution in [3.63, 3.8) is 0 Å². The second-order valence-corrected chi connectivity index (χ2v) is 7.14. The molecule has 1 saturated heterocycles. The van der Waals surface area contributed by atoms with Crippen LogP contribution in [0.15, 0.2) is 24.3 Å². The fraction of sp³-hybridized carbons (Fsp3) is 0.684. The van der Waals surface area contributed by atoms with Crippen LogP contribution < -0.4 is 0 Å². The molecular formula is C19H29NO. The highest BCUT2D eigenvalue weighted by molar-refractivity contribution is 5.28. The van der Waals surface area contributed by atoms with Crippen LogP contribution in [0.25, 0.3) is 0 Å². The quantitative estimate of drug-likeness (QED) is 0.908.